The minimum Gasteiger partial charge on any atom is -0.459 e. The topological polar surface area (TPSA) is 42.2 Å². The van der Waals surface area contributed by atoms with Gasteiger partial charge in [0.25, 0.3) is 5.91 Å². The zero-order valence-electron chi connectivity index (χ0n) is 10.1. The lowest BCUT2D eigenvalue weighted by Crippen LogP contribution is -2.30. The summed E-state index contributed by atoms with van der Waals surface area (Å²) in [7, 11) is 0. The molecule has 0 bridgehead atoms. The van der Waals surface area contributed by atoms with Crippen LogP contribution in [0.2, 0.25) is 0 Å². The van der Waals surface area contributed by atoms with E-state index >= 15 is 0 Å². The van der Waals surface area contributed by atoms with Crippen molar-refractivity contribution in [2.24, 2.45) is 0 Å². The van der Waals surface area contributed by atoms with Crippen LogP contribution >= 0.6 is 11.8 Å². The summed E-state index contributed by atoms with van der Waals surface area (Å²) in [4.78, 5) is 13.0. The number of carbonyl (C=O) groups excluding carboxylic acids is 1. The van der Waals surface area contributed by atoms with E-state index in [0.29, 0.717) is 0 Å². The number of hydrogen-bond acceptors (Lipinski definition) is 3. The number of furan rings is 1. The lowest BCUT2D eigenvalue weighted by molar-refractivity contribution is 0.0907. The maximum atomic E-state index is 13.3. The standard InChI is InChI=1S/C14H12FNO2S/c15-9-3-4-13-10(8-9)11(5-7-19-13)16-14(17)12-2-1-6-18-12/h1-4,6,8,11H,5,7H2,(H,16,17). The molecule has 1 unspecified atom stereocenters. The molecule has 5 heteroatoms. The molecule has 2 aromatic rings. The maximum Gasteiger partial charge on any atom is 0.287 e. The van der Waals surface area contributed by atoms with Crippen molar-refractivity contribution in [2.45, 2.75) is 17.4 Å². The summed E-state index contributed by atoms with van der Waals surface area (Å²) in [5.41, 5.74) is 0.844. The Morgan fingerprint density at radius 3 is 3.11 bits per heavy atom. The molecule has 1 aromatic carbocycles. The number of halogens is 1. The van der Waals surface area contributed by atoms with Crippen molar-refractivity contribution in [3.05, 3.63) is 53.7 Å². The molecule has 2 heterocycles. The third-order valence-corrected chi connectivity index (χ3v) is 4.18. The van der Waals surface area contributed by atoms with Crippen LogP contribution in [0.4, 0.5) is 4.39 Å². The Hall–Kier alpha value is -1.75. The van der Waals surface area contributed by atoms with Crippen molar-refractivity contribution < 1.29 is 13.6 Å². The number of fused-ring (bicyclic) bond motifs is 1. The summed E-state index contributed by atoms with van der Waals surface area (Å²) < 4.78 is 18.4. The van der Waals surface area contributed by atoms with Gasteiger partial charge in [0.2, 0.25) is 0 Å². The van der Waals surface area contributed by atoms with Gasteiger partial charge in [-0.1, -0.05) is 0 Å². The first-order valence-corrected chi connectivity index (χ1v) is 6.99. The van der Waals surface area contributed by atoms with Gasteiger partial charge in [-0.15, -0.1) is 11.8 Å². The molecular weight excluding hydrogens is 265 g/mol. The van der Waals surface area contributed by atoms with Crippen molar-refractivity contribution >= 4 is 17.7 Å². The minimum atomic E-state index is -0.279. The van der Waals surface area contributed by atoms with Gasteiger partial charge in [-0.2, -0.15) is 0 Å². The lowest BCUT2D eigenvalue weighted by Gasteiger charge is -2.25. The second-order valence-corrected chi connectivity index (χ2v) is 5.46. The lowest BCUT2D eigenvalue weighted by atomic mass is 10.0. The summed E-state index contributed by atoms with van der Waals surface area (Å²) in [5.74, 6) is 0.633. The fourth-order valence-electron chi connectivity index (χ4n) is 2.15. The van der Waals surface area contributed by atoms with Crippen LogP contribution in [0.15, 0.2) is 45.9 Å². The molecule has 1 N–H and O–H groups in total. The summed E-state index contributed by atoms with van der Waals surface area (Å²) >= 11 is 1.68. The van der Waals surface area contributed by atoms with Crippen molar-refractivity contribution in [3.8, 4) is 0 Å². The first kappa shape index (κ1) is 12.3. The van der Waals surface area contributed by atoms with E-state index in [0.717, 1.165) is 22.6 Å². The number of thioether (sulfide) groups is 1. The highest BCUT2D eigenvalue weighted by Crippen LogP contribution is 2.36. The van der Waals surface area contributed by atoms with E-state index in [9.17, 15) is 9.18 Å². The van der Waals surface area contributed by atoms with E-state index in [1.807, 2.05) is 0 Å². The van der Waals surface area contributed by atoms with Gasteiger partial charge in [0, 0.05) is 10.6 Å². The molecule has 1 atom stereocenters. The number of nitrogens with one attached hydrogen (secondary N) is 1. The van der Waals surface area contributed by atoms with Crippen LogP contribution in [0.3, 0.4) is 0 Å². The minimum absolute atomic E-state index is 0.162. The Balaban J connectivity index is 1.84. The quantitative estimate of drug-likeness (QED) is 0.915. The highest BCUT2D eigenvalue weighted by Gasteiger charge is 2.24. The Kier molecular flexibility index (Phi) is 3.29. The summed E-state index contributed by atoms with van der Waals surface area (Å²) in [6.45, 7) is 0. The van der Waals surface area contributed by atoms with E-state index < -0.39 is 0 Å². The maximum absolute atomic E-state index is 13.3. The summed E-state index contributed by atoms with van der Waals surface area (Å²) in [6.07, 6.45) is 2.24. The number of rotatable bonds is 2. The molecule has 0 spiro atoms. The molecule has 3 rings (SSSR count). The third-order valence-electron chi connectivity index (χ3n) is 3.06. The average Bonchev–Trinajstić information content (AvgIpc) is 2.93. The first-order chi connectivity index (χ1) is 9.24. The van der Waals surface area contributed by atoms with Crippen LogP contribution in [0.25, 0.3) is 0 Å². The zero-order chi connectivity index (χ0) is 13.2. The molecule has 1 amide bonds. The predicted octanol–water partition coefficient (Wildman–Crippen LogP) is 3.39. The molecule has 1 aliphatic heterocycles. The van der Waals surface area contributed by atoms with Gasteiger partial charge in [0.05, 0.1) is 12.3 Å². The normalized spacial score (nSPS) is 17.8. The van der Waals surface area contributed by atoms with E-state index in [2.05, 4.69) is 5.32 Å². The van der Waals surface area contributed by atoms with Gasteiger partial charge in [0.15, 0.2) is 5.76 Å². The zero-order valence-corrected chi connectivity index (χ0v) is 10.9. The highest BCUT2D eigenvalue weighted by molar-refractivity contribution is 7.99. The summed E-state index contributed by atoms with van der Waals surface area (Å²) in [6, 6.07) is 7.82. The van der Waals surface area contributed by atoms with Gasteiger partial charge < -0.3 is 9.73 Å². The van der Waals surface area contributed by atoms with Crippen LogP contribution in [0.1, 0.15) is 28.6 Å². The molecule has 98 valence electrons. The van der Waals surface area contributed by atoms with Crippen LogP contribution < -0.4 is 5.32 Å². The molecule has 0 fully saturated rings. The molecule has 0 saturated carbocycles. The third kappa shape index (κ3) is 2.51. The smallest absolute Gasteiger partial charge is 0.287 e. The number of amides is 1. The van der Waals surface area contributed by atoms with Crippen LogP contribution in [-0.4, -0.2) is 11.7 Å². The number of carbonyl (C=O) groups is 1. The molecule has 3 nitrogen and oxygen atoms in total. The summed E-state index contributed by atoms with van der Waals surface area (Å²) in [5, 5.41) is 2.89. The fourth-order valence-corrected chi connectivity index (χ4v) is 3.26. The molecule has 19 heavy (non-hydrogen) atoms. The fraction of sp³-hybridized carbons (Fsp3) is 0.214. The Morgan fingerprint density at radius 2 is 2.32 bits per heavy atom. The van der Waals surface area contributed by atoms with E-state index in [1.54, 1.807) is 30.0 Å². The van der Waals surface area contributed by atoms with Gasteiger partial charge >= 0.3 is 0 Å². The molecule has 1 aromatic heterocycles. The van der Waals surface area contributed by atoms with Crippen LogP contribution in [0.5, 0.6) is 0 Å². The van der Waals surface area contributed by atoms with Gasteiger partial charge in [-0.05, 0) is 42.3 Å². The number of benzene rings is 1. The van der Waals surface area contributed by atoms with Crippen molar-refractivity contribution in [3.63, 3.8) is 0 Å². The van der Waals surface area contributed by atoms with Crippen molar-refractivity contribution in [1.29, 1.82) is 0 Å². The number of hydrogen-bond donors (Lipinski definition) is 1. The largest absolute Gasteiger partial charge is 0.459 e. The predicted molar refractivity (Wildman–Crippen MR) is 70.7 cm³/mol. The second-order valence-electron chi connectivity index (χ2n) is 4.32. The van der Waals surface area contributed by atoms with Crippen molar-refractivity contribution in [1.82, 2.24) is 5.32 Å². The van der Waals surface area contributed by atoms with E-state index in [1.165, 1.54) is 18.4 Å². The molecule has 1 aliphatic rings. The Labute approximate surface area is 114 Å². The van der Waals surface area contributed by atoms with Gasteiger partial charge in [-0.3, -0.25) is 4.79 Å². The molecule has 0 saturated heterocycles. The van der Waals surface area contributed by atoms with Gasteiger partial charge in [-0.25, -0.2) is 4.39 Å². The average molecular weight is 277 g/mol. The van der Waals surface area contributed by atoms with Crippen LogP contribution in [-0.2, 0) is 0 Å². The monoisotopic (exact) mass is 277 g/mol. The first-order valence-electron chi connectivity index (χ1n) is 6.00. The van der Waals surface area contributed by atoms with Gasteiger partial charge in [0.1, 0.15) is 5.82 Å². The van der Waals surface area contributed by atoms with E-state index in [4.69, 9.17) is 4.42 Å². The second kappa shape index (κ2) is 5.09. The SMILES string of the molecule is O=C(NC1CCSc2ccc(F)cc21)c1ccco1. The molecular formula is C14H12FNO2S. The Morgan fingerprint density at radius 1 is 1.42 bits per heavy atom. The van der Waals surface area contributed by atoms with Crippen LogP contribution in [0, 0.1) is 5.82 Å². The Bertz CT molecular complexity index is 597. The highest BCUT2D eigenvalue weighted by atomic mass is 32.2. The molecule has 0 radical (unpaired) electrons. The van der Waals surface area contributed by atoms with E-state index in [-0.39, 0.29) is 23.5 Å². The molecule has 0 aliphatic carbocycles. The van der Waals surface area contributed by atoms with Crippen molar-refractivity contribution in [2.75, 3.05) is 5.75 Å².